The van der Waals surface area contributed by atoms with E-state index in [-0.39, 0.29) is 17.0 Å². The van der Waals surface area contributed by atoms with Gasteiger partial charge in [-0.1, -0.05) is 44.2 Å². The van der Waals surface area contributed by atoms with E-state index in [1.54, 1.807) is 0 Å². The fraction of sp³-hybridized carbons (Fsp3) is 0.643. The summed E-state index contributed by atoms with van der Waals surface area (Å²) in [5, 5.41) is 0.264. The number of halogens is 1. The van der Waals surface area contributed by atoms with Crippen molar-refractivity contribution in [1.29, 1.82) is 0 Å². The third-order valence-corrected chi connectivity index (χ3v) is 3.05. The van der Waals surface area contributed by atoms with Gasteiger partial charge in [-0.2, -0.15) is 0 Å². The molecule has 1 heterocycles. The van der Waals surface area contributed by atoms with Crippen molar-refractivity contribution in [3.8, 4) is 0 Å². The van der Waals surface area contributed by atoms with Gasteiger partial charge < -0.3 is 4.74 Å². The van der Waals surface area contributed by atoms with Crippen LogP contribution in [-0.2, 0) is 4.74 Å². The molecule has 0 fully saturated rings. The minimum absolute atomic E-state index is 0.0911. The van der Waals surface area contributed by atoms with Gasteiger partial charge in [0.25, 0.3) is 0 Å². The van der Waals surface area contributed by atoms with E-state index >= 15 is 0 Å². The quantitative estimate of drug-likeness (QED) is 0.534. The standard InChI is InChI=1S/C14H21ClN2O2/c1-3-4-5-6-7-8-11(2)19-14(18)12-9-17-13(15)10-16-12/h9-11H,3-8H2,1-2H3/t11-/m0/s1. The number of hydrogen-bond donors (Lipinski definition) is 0. The van der Waals surface area contributed by atoms with Crippen LogP contribution in [-0.4, -0.2) is 22.0 Å². The summed E-state index contributed by atoms with van der Waals surface area (Å²) in [6.45, 7) is 4.10. The molecule has 4 nitrogen and oxygen atoms in total. The number of unbranched alkanes of at least 4 members (excludes halogenated alkanes) is 4. The molecule has 1 atom stereocenters. The minimum atomic E-state index is -0.440. The summed E-state index contributed by atoms with van der Waals surface area (Å²) in [6.07, 6.45) is 9.50. The molecular formula is C14H21ClN2O2. The zero-order chi connectivity index (χ0) is 14.1. The van der Waals surface area contributed by atoms with Crippen LogP contribution in [0, 0.1) is 0 Å². The molecule has 0 aliphatic rings. The Hall–Kier alpha value is -1.16. The van der Waals surface area contributed by atoms with Gasteiger partial charge in [-0.15, -0.1) is 0 Å². The molecular weight excluding hydrogens is 264 g/mol. The normalized spacial score (nSPS) is 12.2. The first-order valence-electron chi connectivity index (χ1n) is 6.82. The zero-order valence-corrected chi connectivity index (χ0v) is 12.3. The molecule has 0 saturated carbocycles. The van der Waals surface area contributed by atoms with Crippen LogP contribution in [0.4, 0.5) is 0 Å². The van der Waals surface area contributed by atoms with Crippen LogP contribution < -0.4 is 0 Å². The van der Waals surface area contributed by atoms with Crippen LogP contribution in [0.5, 0.6) is 0 Å². The van der Waals surface area contributed by atoms with Gasteiger partial charge >= 0.3 is 5.97 Å². The summed E-state index contributed by atoms with van der Waals surface area (Å²) in [5.41, 5.74) is 0.197. The van der Waals surface area contributed by atoms with Crippen molar-refractivity contribution in [2.75, 3.05) is 0 Å². The lowest BCUT2D eigenvalue weighted by molar-refractivity contribution is 0.0312. The van der Waals surface area contributed by atoms with Crippen LogP contribution in [0.2, 0.25) is 5.15 Å². The molecule has 0 aromatic carbocycles. The summed E-state index contributed by atoms with van der Waals surface area (Å²) >= 11 is 5.61. The molecule has 0 saturated heterocycles. The van der Waals surface area contributed by atoms with Crippen molar-refractivity contribution < 1.29 is 9.53 Å². The number of esters is 1. The third-order valence-electron chi connectivity index (χ3n) is 2.85. The van der Waals surface area contributed by atoms with E-state index in [4.69, 9.17) is 16.3 Å². The lowest BCUT2D eigenvalue weighted by Crippen LogP contribution is -2.16. The number of aromatic nitrogens is 2. The van der Waals surface area contributed by atoms with E-state index in [0.717, 1.165) is 12.8 Å². The summed E-state index contributed by atoms with van der Waals surface area (Å²) in [5.74, 6) is -0.440. The monoisotopic (exact) mass is 284 g/mol. The third kappa shape index (κ3) is 6.53. The Kier molecular flexibility index (Phi) is 7.41. The van der Waals surface area contributed by atoms with Gasteiger partial charge in [0.05, 0.1) is 18.5 Å². The second-order valence-electron chi connectivity index (χ2n) is 4.64. The molecule has 0 spiro atoms. The highest BCUT2D eigenvalue weighted by Gasteiger charge is 2.13. The highest BCUT2D eigenvalue weighted by Crippen LogP contribution is 2.11. The first-order valence-corrected chi connectivity index (χ1v) is 7.19. The summed E-state index contributed by atoms with van der Waals surface area (Å²) in [7, 11) is 0. The number of hydrogen-bond acceptors (Lipinski definition) is 4. The number of rotatable bonds is 8. The lowest BCUT2D eigenvalue weighted by Gasteiger charge is -2.12. The van der Waals surface area contributed by atoms with Crippen molar-refractivity contribution in [2.24, 2.45) is 0 Å². The average Bonchev–Trinajstić information content (AvgIpc) is 2.39. The zero-order valence-electron chi connectivity index (χ0n) is 11.6. The average molecular weight is 285 g/mol. The van der Waals surface area contributed by atoms with Crippen molar-refractivity contribution >= 4 is 17.6 Å². The summed E-state index contributed by atoms with van der Waals surface area (Å²) < 4.78 is 5.30. The predicted molar refractivity (Wildman–Crippen MR) is 75.3 cm³/mol. The molecule has 0 N–H and O–H groups in total. The lowest BCUT2D eigenvalue weighted by atomic mass is 10.1. The number of carbonyl (C=O) groups excluding carboxylic acids is 1. The SMILES string of the molecule is CCCCCCC[C@H](C)OC(=O)c1cnc(Cl)cn1. The number of ether oxygens (including phenoxy) is 1. The molecule has 5 heteroatoms. The Bertz CT molecular complexity index is 382. The van der Waals surface area contributed by atoms with Crippen LogP contribution >= 0.6 is 11.6 Å². The minimum Gasteiger partial charge on any atom is -0.458 e. The Balaban J connectivity index is 2.26. The Morgan fingerprint density at radius 2 is 2.00 bits per heavy atom. The van der Waals surface area contributed by atoms with Crippen LogP contribution in [0.15, 0.2) is 12.4 Å². The maximum absolute atomic E-state index is 11.7. The molecule has 1 aromatic heterocycles. The molecule has 0 aliphatic heterocycles. The largest absolute Gasteiger partial charge is 0.458 e. The van der Waals surface area contributed by atoms with Gasteiger partial charge in [-0.25, -0.2) is 14.8 Å². The highest BCUT2D eigenvalue weighted by atomic mass is 35.5. The van der Waals surface area contributed by atoms with E-state index in [9.17, 15) is 4.79 Å². The maximum Gasteiger partial charge on any atom is 0.358 e. The molecule has 1 rings (SSSR count). The van der Waals surface area contributed by atoms with Gasteiger partial charge in [0, 0.05) is 0 Å². The Labute approximate surface area is 119 Å². The molecule has 0 bridgehead atoms. The molecule has 19 heavy (non-hydrogen) atoms. The first kappa shape index (κ1) is 15.9. The fourth-order valence-corrected chi connectivity index (χ4v) is 1.85. The van der Waals surface area contributed by atoms with Crippen LogP contribution in [0.3, 0.4) is 0 Å². The molecule has 0 aliphatic carbocycles. The van der Waals surface area contributed by atoms with E-state index in [0.29, 0.717) is 0 Å². The number of nitrogens with zero attached hydrogens (tertiary/aromatic N) is 2. The first-order chi connectivity index (χ1) is 9.13. The number of carbonyl (C=O) groups is 1. The van der Waals surface area contributed by atoms with Gasteiger partial charge in [0.15, 0.2) is 5.69 Å². The van der Waals surface area contributed by atoms with Gasteiger partial charge in [-0.05, 0) is 19.8 Å². The topological polar surface area (TPSA) is 52.1 Å². The molecule has 106 valence electrons. The van der Waals surface area contributed by atoms with Crippen LogP contribution in [0.1, 0.15) is 62.9 Å². The smallest absolute Gasteiger partial charge is 0.358 e. The van der Waals surface area contributed by atoms with Crippen molar-refractivity contribution in [3.05, 3.63) is 23.2 Å². The summed E-state index contributed by atoms with van der Waals surface area (Å²) in [4.78, 5) is 19.4. The Morgan fingerprint density at radius 1 is 1.26 bits per heavy atom. The van der Waals surface area contributed by atoms with Gasteiger partial charge in [0.1, 0.15) is 5.15 Å². The van der Waals surface area contributed by atoms with E-state index in [2.05, 4.69) is 16.9 Å². The highest BCUT2D eigenvalue weighted by molar-refractivity contribution is 6.29. The van der Waals surface area contributed by atoms with E-state index in [1.807, 2.05) is 6.92 Å². The molecule has 0 amide bonds. The predicted octanol–water partition coefficient (Wildman–Crippen LogP) is 4.04. The molecule has 1 aromatic rings. The second kappa shape index (κ2) is 8.86. The maximum atomic E-state index is 11.7. The molecule has 0 radical (unpaired) electrons. The second-order valence-corrected chi connectivity index (χ2v) is 5.03. The van der Waals surface area contributed by atoms with Gasteiger partial charge in [0.2, 0.25) is 0 Å². The van der Waals surface area contributed by atoms with E-state index < -0.39 is 5.97 Å². The fourth-order valence-electron chi connectivity index (χ4n) is 1.76. The molecule has 0 unspecified atom stereocenters. The Morgan fingerprint density at radius 3 is 2.63 bits per heavy atom. The van der Waals surface area contributed by atoms with Crippen molar-refractivity contribution in [1.82, 2.24) is 9.97 Å². The van der Waals surface area contributed by atoms with Crippen LogP contribution in [0.25, 0.3) is 0 Å². The van der Waals surface area contributed by atoms with E-state index in [1.165, 1.54) is 38.1 Å². The summed E-state index contributed by atoms with van der Waals surface area (Å²) in [6, 6.07) is 0. The van der Waals surface area contributed by atoms with Gasteiger partial charge in [-0.3, -0.25) is 0 Å². The van der Waals surface area contributed by atoms with Crippen molar-refractivity contribution in [2.45, 2.75) is 58.5 Å². The van der Waals surface area contributed by atoms with Crippen molar-refractivity contribution in [3.63, 3.8) is 0 Å².